The van der Waals surface area contributed by atoms with E-state index in [0.29, 0.717) is 17.1 Å². The van der Waals surface area contributed by atoms with Crippen molar-refractivity contribution in [3.05, 3.63) is 77.4 Å². The molecule has 31 heavy (non-hydrogen) atoms. The normalized spacial score (nSPS) is 15.4. The summed E-state index contributed by atoms with van der Waals surface area (Å²) in [5.41, 5.74) is 9.84. The van der Waals surface area contributed by atoms with Crippen LogP contribution in [0.5, 0.6) is 11.5 Å². The molecule has 1 aliphatic carbocycles. The van der Waals surface area contributed by atoms with E-state index in [1.165, 1.54) is 0 Å². The van der Waals surface area contributed by atoms with Crippen LogP contribution in [0.1, 0.15) is 35.8 Å². The summed E-state index contributed by atoms with van der Waals surface area (Å²) in [6.45, 7) is 2.18. The van der Waals surface area contributed by atoms with E-state index in [1.807, 2.05) is 55.5 Å². The number of carbonyl (C=O) groups is 2. The SMILES string of the molecule is Cc1ccc(-c2ccc(C(N)=O)cc2)cc1NC(=O)C1(c2ccc3c(c2)OCO3)CC1.[HH]. The smallest absolute Gasteiger partial charge is 0.248 e. The predicted molar refractivity (Wildman–Crippen MR) is 119 cm³/mol. The highest BCUT2D eigenvalue weighted by Crippen LogP contribution is 2.51. The number of primary amides is 1. The molecule has 1 fully saturated rings. The number of nitrogens with two attached hydrogens (primary N) is 1. The van der Waals surface area contributed by atoms with Gasteiger partial charge in [-0.2, -0.15) is 0 Å². The van der Waals surface area contributed by atoms with Crippen LogP contribution in [0.2, 0.25) is 0 Å². The Kier molecular flexibility index (Phi) is 4.43. The third kappa shape index (κ3) is 3.40. The van der Waals surface area contributed by atoms with Gasteiger partial charge >= 0.3 is 0 Å². The van der Waals surface area contributed by atoms with Crippen LogP contribution in [0, 0.1) is 6.92 Å². The number of benzene rings is 3. The second-order valence-corrected chi connectivity index (χ2v) is 8.08. The van der Waals surface area contributed by atoms with Crippen molar-refractivity contribution in [1.82, 2.24) is 0 Å². The zero-order chi connectivity index (χ0) is 21.6. The second kappa shape index (κ2) is 7.16. The van der Waals surface area contributed by atoms with Crippen LogP contribution in [-0.2, 0) is 10.2 Å². The molecule has 0 unspecified atom stereocenters. The maximum atomic E-state index is 13.3. The van der Waals surface area contributed by atoms with Gasteiger partial charge in [0.15, 0.2) is 11.5 Å². The molecule has 3 aromatic carbocycles. The standard InChI is InChI=1S/C25H22N2O4.H2/c1-15-2-3-18(16-4-6-17(7-5-16)23(26)28)12-20(15)27-24(29)25(10-11-25)19-8-9-21-22(13-19)31-14-30-21;/h2-9,12-13H,10-11,14H2,1H3,(H2,26,28)(H,27,29);1H. The zero-order valence-electron chi connectivity index (χ0n) is 17.1. The molecule has 0 aromatic heterocycles. The molecule has 0 saturated heterocycles. The Morgan fingerprint density at radius 2 is 1.65 bits per heavy atom. The Labute approximate surface area is 181 Å². The summed E-state index contributed by atoms with van der Waals surface area (Å²) in [4.78, 5) is 24.6. The monoisotopic (exact) mass is 416 g/mol. The topological polar surface area (TPSA) is 90.7 Å². The predicted octanol–water partition coefficient (Wildman–Crippen LogP) is 4.41. The highest BCUT2D eigenvalue weighted by molar-refractivity contribution is 6.02. The maximum absolute atomic E-state index is 13.3. The van der Waals surface area contributed by atoms with Crippen molar-refractivity contribution >= 4 is 17.5 Å². The molecule has 2 aliphatic rings. The Morgan fingerprint density at radius 3 is 2.35 bits per heavy atom. The molecule has 1 heterocycles. The van der Waals surface area contributed by atoms with Crippen LogP contribution in [0.15, 0.2) is 60.7 Å². The average Bonchev–Trinajstić information content (AvgIpc) is 3.46. The number of carbonyl (C=O) groups excluding carboxylic acids is 2. The summed E-state index contributed by atoms with van der Waals surface area (Å²) in [6, 6.07) is 18.8. The lowest BCUT2D eigenvalue weighted by Gasteiger charge is -2.18. The van der Waals surface area contributed by atoms with E-state index in [2.05, 4.69) is 5.32 Å². The van der Waals surface area contributed by atoms with E-state index in [0.717, 1.165) is 40.8 Å². The van der Waals surface area contributed by atoms with Crippen LogP contribution < -0.4 is 20.5 Å². The second-order valence-electron chi connectivity index (χ2n) is 8.08. The van der Waals surface area contributed by atoms with Crippen LogP contribution in [0.4, 0.5) is 5.69 Å². The Bertz CT molecular complexity index is 1200. The van der Waals surface area contributed by atoms with Gasteiger partial charge in [-0.25, -0.2) is 0 Å². The molecular formula is C25H24N2O4. The van der Waals surface area contributed by atoms with Gasteiger partial charge in [-0.3, -0.25) is 9.59 Å². The highest BCUT2D eigenvalue weighted by atomic mass is 16.7. The number of aryl methyl sites for hydroxylation is 1. The number of rotatable bonds is 5. The van der Waals surface area contributed by atoms with Gasteiger partial charge in [-0.05, 0) is 72.4 Å². The number of anilines is 1. The van der Waals surface area contributed by atoms with Gasteiger partial charge in [-0.15, -0.1) is 0 Å². The van der Waals surface area contributed by atoms with Crippen LogP contribution in [-0.4, -0.2) is 18.6 Å². The summed E-state index contributed by atoms with van der Waals surface area (Å²) >= 11 is 0. The lowest BCUT2D eigenvalue weighted by atomic mass is 9.94. The van der Waals surface area contributed by atoms with Gasteiger partial charge in [0.1, 0.15) is 0 Å². The van der Waals surface area contributed by atoms with Crippen molar-refractivity contribution in [2.75, 3.05) is 12.1 Å². The van der Waals surface area contributed by atoms with Crippen molar-refractivity contribution in [3.8, 4) is 22.6 Å². The molecule has 3 aromatic rings. The van der Waals surface area contributed by atoms with Crippen molar-refractivity contribution in [2.24, 2.45) is 5.73 Å². The largest absolute Gasteiger partial charge is 0.454 e. The van der Waals surface area contributed by atoms with E-state index in [-0.39, 0.29) is 14.1 Å². The van der Waals surface area contributed by atoms with E-state index < -0.39 is 11.3 Å². The number of fused-ring (bicyclic) bond motifs is 1. The van der Waals surface area contributed by atoms with Crippen molar-refractivity contribution in [2.45, 2.75) is 25.2 Å². The minimum Gasteiger partial charge on any atom is -0.454 e. The lowest BCUT2D eigenvalue weighted by Crippen LogP contribution is -2.28. The fraction of sp³-hybridized carbons (Fsp3) is 0.200. The fourth-order valence-electron chi connectivity index (χ4n) is 3.97. The molecular weight excluding hydrogens is 392 g/mol. The Hall–Kier alpha value is -3.80. The summed E-state index contributed by atoms with van der Waals surface area (Å²) in [5.74, 6) is 0.928. The molecule has 0 radical (unpaired) electrons. The number of hydrogen-bond donors (Lipinski definition) is 2. The molecule has 1 aliphatic heterocycles. The van der Waals surface area contributed by atoms with E-state index in [1.54, 1.807) is 12.1 Å². The van der Waals surface area contributed by atoms with Gasteiger partial charge in [-0.1, -0.05) is 30.3 Å². The third-order valence-corrected chi connectivity index (χ3v) is 6.10. The number of amides is 2. The Morgan fingerprint density at radius 1 is 0.935 bits per heavy atom. The number of nitrogens with one attached hydrogen (secondary N) is 1. The number of hydrogen-bond acceptors (Lipinski definition) is 4. The quantitative estimate of drug-likeness (QED) is 0.645. The van der Waals surface area contributed by atoms with Crippen LogP contribution in [0.25, 0.3) is 11.1 Å². The minimum atomic E-state index is -0.535. The van der Waals surface area contributed by atoms with Gasteiger partial charge in [0.2, 0.25) is 18.6 Å². The molecule has 158 valence electrons. The first-order chi connectivity index (χ1) is 15.0. The molecule has 2 amide bonds. The first-order valence-corrected chi connectivity index (χ1v) is 10.2. The van der Waals surface area contributed by atoms with Crippen molar-refractivity contribution < 1.29 is 20.5 Å². The molecule has 5 rings (SSSR count). The first kappa shape index (κ1) is 19.2. The van der Waals surface area contributed by atoms with Crippen LogP contribution in [0.3, 0.4) is 0 Å². The maximum Gasteiger partial charge on any atom is 0.248 e. The van der Waals surface area contributed by atoms with Crippen LogP contribution >= 0.6 is 0 Å². The fourth-order valence-corrected chi connectivity index (χ4v) is 3.97. The molecule has 3 N–H and O–H groups in total. The molecule has 0 bridgehead atoms. The molecule has 0 spiro atoms. The Balaban J connectivity index is 0.00000245. The molecule has 6 heteroatoms. The van der Waals surface area contributed by atoms with E-state index >= 15 is 0 Å². The first-order valence-electron chi connectivity index (χ1n) is 10.2. The van der Waals surface area contributed by atoms with Gasteiger partial charge in [0.05, 0.1) is 5.41 Å². The van der Waals surface area contributed by atoms with Crippen molar-refractivity contribution in [1.29, 1.82) is 0 Å². The summed E-state index contributed by atoms with van der Waals surface area (Å²) in [7, 11) is 0. The van der Waals surface area contributed by atoms with Crippen molar-refractivity contribution in [3.63, 3.8) is 0 Å². The average molecular weight is 416 g/mol. The molecule has 6 nitrogen and oxygen atoms in total. The molecule has 0 atom stereocenters. The zero-order valence-corrected chi connectivity index (χ0v) is 17.1. The minimum absolute atomic E-state index is 0. The third-order valence-electron chi connectivity index (χ3n) is 6.10. The van der Waals surface area contributed by atoms with Gasteiger partial charge in [0, 0.05) is 12.7 Å². The van der Waals surface area contributed by atoms with Gasteiger partial charge < -0.3 is 20.5 Å². The lowest BCUT2D eigenvalue weighted by molar-refractivity contribution is -0.118. The number of ether oxygens (including phenoxy) is 2. The summed E-state index contributed by atoms with van der Waals surface area (Å²) in [6.07, 6.45) is 1.59. The van der Waals surface area contributed by atoms with Gasteiger partial charge in [0.25, 0.3) is 0 Å². The highest BCUT2D eigenvalue weighted by Gasteiger charge is 2.51. The van der Waals surface area contributed by atoms with E-state index in [4.69, 9.17) is 15.2 Å². The molecule has 1 saturated carbocycles. The van der Waals surface area contributed by atoms with E-state index in [9.17, 15) is 9.59 Å². The summed E-state index contributed by atoms with van der Waals surface area (Å²) in [5, 5.41) is 3.13. The summed E-state index contributed by atoms with van der Waals surface area (Å²) < 4.78 is 10.9.